The summed E-state index contributed by atoms with van der Waals surface area (Å²) in [5.74, 6) is 0.679. The lowest BCUT2D eigenvalue weighted by atomic mass is 9.94. The number of hydrogen-bond donors (Lipinski definition) is 0. The van der Waals surface area contributed by atoms with Crippen LogP contribution in [0.4, 0.5) is 4.39 Å². The number of thiocarbonyl (C=S) groups is 1. The van der Waals surface area contributed by atoms with E-state index in [1.807, 2.05) is 25.1 Å². The van der Waals surface area contributed by atoms with Gasteiger partial charge in [0.05, 0.1) is 16.0 Å². The predicted octanol–water partition coefficient (Wildman–Crippen LogP) is 7.10. The minimum absolute atomic E-state index is 0.0224. The Morgan fingerprint density at radius 3 is 2.70 bits per heavy atom. The zero-order valence-corrected chi connectivity index (χ0v) is 21.5. The molecule has 1 aliphatic carbocycles. The summed E-state index contributed by atoms with van der Waals surface area (Å²) < 4.78 is 27.0. The highest BCUT2D eigenvalue weighted by molar-refractivity contribution is 9.10. The van der Waals surface area contributed by atoms with Gasteiger partial charge in [-0.25, -0.2) is 4.39 Å². The Balaban J connectivity index is 1.57. The predicted molar refractivity (Wildman–Crippen MR) is 138 cm³/mol. The molecule has 0 bridgehead atoms. The topological polar surface area (TPSA) is 38.8 Å². The van der Waals surface area contributed by atoms with Crippen LogP contribution in [-0.4, -0.2) is 27.8 Å². The molecule has 8 heteroatoms. The van der Waals surface area contributed by atoms with Gasteiger partial charge in [0.2, 0.25) is 0 Å². The highest BCUT2D eigenvalue weighted by atomic mass is 79.9. The van der Waals surface area contributed by atoms with E-state index in [0.717, 1.165) is 31.2 Å². The number of rotatable bonds is 7. The van der Waals surface area contributed by atoms with Crippen molar-refractivity contribution < 1.29 is 18.7 Å². The van der Waals surface area contributed by atoms with Crippen molar-refractivity contribution in [2.24, 2.45) is 0 Å². The number of halogens is 2. The minimum atomic E-state index is -0.316. The third kappa shape index (κ3) is 5.61. The highest BCUT2D eigenvalue weighted by Crippen LogP contribution is 2.41. The third-order valence-corrected chi connectivity index (χ3v) is 7.64. The molecule has 0 atom stereocenters. The first-order chi connectivity index (χ1) is 16.0. The van der Waals surface area contributed by atoms with E-state index in [1.54, 1.807) is 23.1 Å². The fraction of sp³-hybridized carbons (Fsp3) is 0.360. The molecule has 0 unspecified atom stereocenters. The zero-order valence-electron chi connectivity index (χ0n) is 18.3. The van der Waals surface area contributed by atoms with E-state index in [1.165, 1.54) is 24.2 Å². The largest absolute Gasteiger partial charge is 0.490 e. The van der Waals surface area contributed by atoms with Crippen molar-refractivity contribution in [2.45, 2.75) is 51.7 Å². The van der Waals surface area contributed by atoms with Crippen molar-refractivity contribution in [1.82, 2.24) is 4.90 Å². The van der Waals surface area contributed by atoms with Gasteiger partial charge in [-0.2, -0.15) is 0 Å². The van der Waals surface area contributed by atoms with E-state index < -0.39 is 0 Å². The van der Waals surface area contributed by atoms with Gasteiger partial charge in [-0.05, 0) is 65.5 Å². The summed E-state index contributed by atoms with van der Waals surface area (Å²) in [4.78, 5) is 15.5. The summed E-state index contributed by atoms with van der Waals surface area (Å²) >= 11 is 10.4. The van der Waals surface area contributed by atoms with Crippen LogP contribution in [0.15, 0.2) is 45.8 Å². The molecule has 1 heterocycles. The van der Waals surface area contributed by atoms with E-state index in [2.05, 4.69) is 15.9 Å². The van der Waals surface area contributed by atoms with Crippen LogP contribution in [0.1, 0.15) is 50.2 Å². The van der Waals surface area contributed by atoms with E-state index in [-0.39, 0.29) is 24.4 Å². The quantitative estimate of drug-likeness (QED) is 0.272. The molecular weight excluding hydrogens is 525 g/mol. The van der Waals surface area contributed by atoms with Crippen molar-refractivity contribution in [3.63, 3.8) is 0 Å². The highest BCUT2D eigenvalue weighted by Gasteiger charge is 2.37. The molecule has 4 nitrogen and oxygen atoms in total. The number of nitrogens with zero attached hydrogens (tertiary/aromatic N) is 1. The van der Waals surface area contributed by atoms with Crippen LogP contribution in [0.25, 0.3) is 6.08 Å². The molecular formula is C25H25BrFNO3S2. The number of hydrogen-bond acceptors (Lipinski definition) is 5. The van der Waals surface area contributed by atoms with Gasteiger partial charge in [-0.1, -0.05) is 61.4 Å². The smallest absolute Gasteiger partial charge is 0.266 e. The first-order valence-electron chi connectivity index (χ1n) is 11.1. The Morgan fingerprint density at radius 1 is 1.21 bits per heavy atom. The molecule has 174 valence electrons. The Bertz CT molecular complexity index is 1090. The molecule has 0 N–H and O–H groups in total. The van der Waals surface area contributed by atoms with Crippen molar-refractivity contribution in [3.05, 3.63) is 62.7 Å². The average Bonchev–Trinajstić information content (AvgIpc) is 3.07. The molecule has 1 saturated carbocycles. The van der Waals surface area contributed by atoms with Crippen LogP contribution in [0, 0.1) is 5.82 Å². The van der Waals surface area contributed by atoms with Crippen molar-refractivity contribution >= 4 is 56.2 Å². The second-order valence-corrected chi connectivity index (χ2v) is 10.5. The van der Waals surface area contributed by atoms with Crippen LogP contribution in [0.2, 0.25) is 0 Å². The molecule has 2 aliphatic rings. The van der Waals surface area contributed by atoms with Gasteiger partial charge in [0.15, 0.2) is 11.5 Å². The van der Waals surface area contributed by atoms with Crippen LogP contribution < -0.4 is 9.47 Å². The molecule has 0 aromatic heterocycles. The third-order valence-electron chi connectivity index (χ3n) is 5.72. The van der Waals surface area contributed by atoms with Gasteiger partial charge < -0.3 is 9.47 Å². The molecule has 2 aromatic carbocycles. The molecule has 2 fully saturated rings. The first kappa shape index (κ1) is 24.2. The Kier molecular flexibility index (Phi) is 8.09. The van der Waals surface area contributed by atoms with Crippen LogP contribution in [0.3, 0.4) is 0 Å². The van der Waals surface area contributed by atoms with Gasteiger partial charge in [0, 0.05) is 11.6 Å². The summed E-state index contributed by atoms with van der Waals surface area (Å²) in [7, 11) is 0. The number of ether oxygens (including phenoxy) is 2. The number of carbonyl (C=O) groups is 1. The Morgan fingerprint density at radius 2 is 1.97 bits per heavy atom. The molecule has 0 radical (unpaired) electrons. The first-order valence-corrected chi connectivity index (χ1v) is 13.1. The fourth-order valence-electron chi connectivity index (χ4n) is 4.12. The summed E-state index contributed by atoms with van der Waals surface area (Å²) in [6, 6.07) is 10.4. The van der Waals surface area contributed by atoms with Gasteiger partial charge in [0.25, 0.3) is 5.91 Å². The molecule has 0 spiro atoms. The zero-order chi connectivity index (χ0) is 23.4. The molecule has 33 heavy (non-hydrogen) atoms. The molecule has 1 amide bonds. The number of carbonyl (C=O) groups excluding carboxylic acids is 1. The van der Waals surface area contributed by atoms with E-state index in [4.69, 9.17) is 21.7 Å². The number of amides is 1. The van der Waals surface area contributed by atoms with E-state index in [0.29, 0.717) is 37.4 Å². The van der Waals surface area contributed by atoms with Crippen LogP contribution in [-0.2, 0) is 11.4 Å². The summed E-state index contributed by atoms with van der Waals surface area (Å²) in [6.45, 7) is 2.40. The summed E-state index contributed by atoms with van der Waals surface area (Å²) in [6.07, 6.45) is 7.36. The van der Waals surface area contributed by atoms with Crippen molar-refractivity contribution in [1.29, 1.82) is 0 Å². The fourth-order valence-corrected chi connectivity index (χ4v) is 6.10. The second-order valence-electron chi connectivity index (χ2n) is 7.99. The molecule has 2 aromatic rings. The van der Waals surface area contributed by atoms with Crippen LogP contribution >= 0.6 is 39.9 Å². The lowest BCUT2D eigenvalue weighted by molar-refractivity contribution is -0.124. The van der Waals surface area contributed by atoms with Crippen LogP contribution in [0.5, 0.6) is 11.5 Å². The number of thioether (sulfide) groups is 1. The molecule has 4 rings (SSSR count). The van der Waals surface area contributed by atoms with Gasteiger partial charge in [-0.3, -0.25) is 9.69 Å². The summed E-state index contributed by atoms with van der Waals surface area (Å²) in [5, 5.41) is 0. The van der Waals surface area contributed by atoms with Crippen molar-refractivity contribution in [2.75, 3.05) is 6.61 Å². The lowest BCUT2D eigenvalue weighted by Crippen LogP contribution is -2.39. The Hall–Kier alpha value is -1.90. The van der Waals surface area contributed by atoms with Crippen molar-refractivity contribution in [3.8, 4) is 11.5 Å². The minimum Gasteiger partial charge on any atom is -0.490 e. The lowest BCUT2D eigenvalue weighted by Gasteiger charge is -2.29. The van der Waals surface area contributed by atoms with E-state index in [9.17, 15) is 9.18 Å². The second kappa shape index (κ2) is 11.0. The summed E-state index contributed by atoms with van der Waals surface area (Å²) in [5.41, 5.74) is 1.26. The average molecular weight is 551 g/mol. The van der Waals surface area contributed by atoms with Gasteiger partial charge >= 0.3 is 0 Å². The number of benzene rings is 2. The SMILES string of the molecule is CCOc1cc(/C=C2/SC(=S)N(C3CCCCC3)C2=O)cc(Br)c1OCc1ccccc1F. The maximum atomic E-state index is 14.0. The Labute approximate surface area is 211 Å². The van der Waals surface area contributed by atoms with Gasteiger partial charge in [0.1, 0.15) is 16.7 Å². The van der Waals surface area contributed by atoms with Gasteiger partial charge in [-0.15, -0.1) is 0 Å². The maximum absolute atomic E-state index is 14.0. The monoisotopic (exact) mass is 549 g/mol. The molecule has 1 aliphatic heterocycles. The maximum Gasteiger partial charge on any atom is 0.266 e. The standard InChI is InChI=1S/C25H25BrFNO3S2/c1-2-30-21-13-16(12-19(26)23(21)31-15-17-8-6-7-11-20(17)27)14-22-24(29)28(25(32)33-22)18-9-4-3-5-10-18/h6-8,11-14,18H,2-5,9-10,15H2,1H3/b22-14+. The van der Waals surface area contributed by atoms with E-state index >= 15 is 0 Å². The normalized spacial score (nSPS) is 18.3. The molecule has 1 saturated heterocycles.